The van der Waals surface area contributed by atoms with Crippen molar-refractivity contribution in [1.29, 1.82) is 0 Å². The van der Waals surface area contributed by atoms with E-state index >= 15 is 0 Å². The second-order valence-corrected chi connectivity index (χ2v) is 7.04. The molecule has 2 N–H and O–H groups in total. The van der Waals surface area contributed by atoms with Crippen LogP contribution in [0.2, 0.25) is 5.02 Å². The first kappa shape index (κ1) is 20.4. The number of nitrogens with one attached hydrogen (secondary N) is 2. The summed E-state index contributed by atoms with van der Waals surface area (Å²) >= 11 is 11.1. The molecule has 0 radical (unpaired) electrons. The molecule has 0 heterocycles. The molecule has 0 atom stereocenters. The summed E-state index contributed by atoms with van der Waals surface area (Å²) in [7, 11) is 0. The zero-order valence-electron chi connectivity index (χ0n) is 15.3. The van der Waals surface area contributed by atoms with E-state index in [-0.39, 0.29) is 21.7 Å². The van der Waals surface area contributed by atoms with E-state index in [4.69, 9.17) is 23.8 Å². The first-order valence-corrected chi connectivity index (χ1v) is 9.36. The number of amides is 1. The predicted octanol–water partition coefficient (Wildman–Crippen LogP) is 5.35. The van der Waals surface area contributed by atoms with Crippen LogP contribution in [0.4, 0.5) is 11.4 Å². The Bertz CT molecular complexity index is 1090. The van der Waals surface area contributed by atoms with Gasteiger partial charge in [0, 0.05) is 17.3 Å². The molecule has 0 saturated heterocycles. The predicted molar refractivity (Wildman–Crippen MR) is 118 cm³/mol. The van der Waals surface area contributed by atoms with Crippen LogP contribution < -0.4 is 10.6 Å². The minimum absolute atomic E-state index is 0.0197. The summed E-state index contributed by atoms with van der Waals surface area (Å²) in [4.78, 5) is 22.8. The molecule has 1 amide bonds. The molecule has 29 heavy (non-hydrogen) atoms. The third kappa shape index (κ3) is 4.96. The Kier molecular flexibility index (Phi) is 6.21. The van der Waals surface area contributed by atoms with Gasteiger partial charge < -0.3 is 5.32 Å². The summed E-state index contributed by atoms with van der Waals surface area (Å²) in [6, 6.07) is 19.7. The minimum Gasteiger partial charge on any atom is -0.332 e. The summed E-state index contributed by atoms with van der Waals surface area (Å²) in [5.41, 5.74) is 3.37. The number of benzene rings is 3. The van der Waals surface area contributed by atoms with Gasteiger partial charge in [-0.2, -0.15) is 0 Å². The molecule has 146 valence electrons. The Morgan fingerprint density at radius 1 is 1.03 bits per heavy atom. The molecule has 6 nitrogen and oxygen atoms in total. The summed E-state index contributed by atoms with van der Waals surface area (Å²) in [6.07, 6.45) is 0. The molecule has 0 aliphatic carbocycles. The fraction of sp³-hybridized carbons (Fsp3) is 0.0476. The normalized spacial score (nSPS) is 10.3. The Hall–Kier alpha value is -3.29. The molecule has 8 heteroatoms. The van der Waals surface area contributed by atoms with Crippen molar-refractivity contribution in [2.24, 2.45) is 0 Å². The van der Waals surface area contributed by atoms with Gasteiger partial charge in [0.05, 0.1) is 4.92 Å². The summed E-state index contributed by atoms with van der Waals surface area (Å²) in [5, 5.41) is 16.4. The average molecular weight is 426 g/mol. The van der Waals surface area contributed by atoms with Crippen molar-refractivity contribution in [3.63, 3.8) is 0 Å². The van der Waals surface area contributed by atoms with Crippen molar-refractivity contribution < 1.29 is 9.72 Å². The van der Waals surface area contributed by atoms with E-state index < -0.39 is 4.92 Å². The fourth-order valence-electron chi connectivity index (χ4n) is 2.71. The van der Waals surface area contributed by atoms with Crippen molar-refractivity contribution in [1.82, 2.24) is 5.32 Å². The Morgan fingerprint density at radius 3 is 2.28 bits per heavy atom. The van der Waals surface area contributed by atoms with Gasteiger partial charge in [-0.25, -0.2) is 0 Å². The van der Waals surface area contributed by atoms with Gasteiger partial charge in [-0.15, -0.1) is 0 Å². The molecule has 0 spiro atoms. The Balaban J connectivity index is 1.67. The second kappa shape index (κ2) is 8.81. The van der Waals surface area contributed by atoms with E-state index in [1.165, 1.54) is 12.1 Å². The van der Waals surface area contributed by atoms with Gasteiger partial charge in [0.15, 0.2) is 5.11 Å². The third-order valence-electron chi connectivity index (χ3n) is 4.22. The maximum absolute atomic E-state index is 12.4. The number of nitro groups is 1. The topological polar surface area (TPSA) is 84.3 Å². The third-order valence-corrected chi connectivity index (χ3v) is 4.73. The monoisotopic (exact) mass is 425 g/mol. The number of hydrogen-bond donors (Lipinski definition) is 2. The van der Waals surface area contributed by atoms with E-state index in [2.05, 4.69) is 10.6 Å². The molecule has 3 aromatic carbocycles. The van der Waals surface area contributed by atoms with E-state index in [1.54, 1.807) is 19.1 Å². The molecular formula is C21H16ClN3O3S. The molecular weight excluding hydrogens is 410 g/mol. The number of halogens is 1. The highest BCUT2D eigenvalue weighted by atomic mass is 35.5. The molecule has 0 unspecified atom stereocenters. The Labute approximate surface area is 177 Å². The van der Waals surface area contributed by atoms with Gasteiger partial charge in [-0.05, 0) is 54.0 Å². The SMILES string of the molecule is Cc1cc([N+](=O)[O-])c(Cl)cc1NC(=S)NC(=O)c1ccc(-c2ccccc2)cc1. The maximum Gasteiger partial charge on any atom is 0.288 e. The van der Waals surface area contributed by atoms with Crippen molar-refractivity contribution in [2.75, 3.05) is 5.32 Å². The molecule has 0 fully saturated rings. The number of rotatable bonds is 4. The van der Waals surface area contributed by atoms with Crippen molar-refractivity contribution >= 4 is 46.2 Å². The van der Waals surface area contributed by atoms with E-state index in [0.29, 0.717) is 16.8 Å². The van der Waals surface area contributed by atoms with Crippen molar-refractivity contribution in [3.05, 3.63) is 93.0 Å². The first-order chi connectivity index (χ1) is 13.8. The lowest BCUT2D eigenvalue weighted by molar-refractivity contribution is -0.384. The lowest BCUT2D eigenvalue weighted by Gasteiger charge is -2.12. The molecule has 3 aromatic rings. The van der Waals surface area contributed by atoms with Gasteiger partial charge >= 0.3 is 0 Å². The van der Waals surface area contributed by atoms with Crippen LogP contribution in [0.15, 0.2) is 66.7 Å². The highest BCUT2D eigenvalue weighted by Crippen LogP contribution is 2.30. The number of aryl methyl sites for hydroxylation is 1. The zero-order valence-corrected chi connectivity index (χ0v) is 16.9. The van der Waals surface area contributed by atoms with Gasteiger partial charge in [-0.1, -0.05) is 54.1 Å². The fourth-order valence-corrected chi connectivity index (χ4v) is 3.15. The number of thiocarbonyl (C=S) groups is 1. The average Bonchev–Trinajstić information content (AvgIpc) is 2.71. The standard InChI is InChI=1S/C21H16ClN3O3S/c1-13-11-19(25(27)28)17(22)12-18(13)23-21(29)24-20(26)16-9-7-15(8-10-16)14-5-3-2-4-6-14/h2-12H,1H3,(H2,23,24,26,29). The van der Waals surface area contributed by atoms with E-state index in [9.17, 15) is 14.9 Å². The minimum atomic E-state index is -0.557. The molecule has 0 saturated carbocycles. The smallest absolute Gasteiger partial charge is 0.288 e. The molecule has 0 aromatic heterocycles. The van der Waals surface area contributed by atoms with Gasteiger partial charge in [0.2, 0.25) is 0 Å². The largest absolute Gasteiger partial charge is 0.332 e. The number of carbonyl (C=O) groups excluding carboxylic acids is 1. The van der Waals surface area contributed by atoms with Crippen LogP contribution in [0, 0.1) is 17.0 Å². The summed E-state index contributed by atoms with van der Waals surface area (Å²) < 4.78 is 0. The van der Waals surface area contributed by atoms with Gasteiger partial charge in [0.1, 0.15) is 5.02 Å². The lowest BCUT2D eigenvalue weighted by atomic mass is 10.0. The van der Waals surface area contributed by atoms with Crippen LogP contribution in [0.3, 0.4) is 0 Å². The molecule has 0 aliphatic heterocycles. The van der Waals surface area contributed by atoms with Gasteiger partial charge in [-0.3, -0.25) is 20.2 Å². The van der Waals surface area contributed by atoms with E-state index in [1.807, 2.05) is 42.5 Å². The quantitative estimate of drug-likeness (QED) is 0.334. The van der Waals surface area contributed by atoms with Crippen molar-refractivity contribution in [3.8, 4) is 11.1 Å². The molecule has 0 bridgehead atoms. The number of nitrogens with zero attached hydrogens (tertiary/aromatic N) is 1. The molecule has 0 aliphatic rings. The number of nitro benzene ring substituents is 1. The van der Waals surface area contributed by atoms with Crippen LogP contribution in [0.1, 0.15) is 15.9 Å². The van der Waals surface area contributed by atoms with Crippen LogP contribution >= 0.6 is 23.8 Å². The number of hydrogen-bond acceptors (Lipinski definition) is 4. The maximum atomic E-state index is 12.4. The highest BCUT2D eigenvalue weighted by molar-refractivity contribution is 7.80. The number of carbonyl (C=O) groups is 1. The first-order valence-electron chi connectivity index (χ1n) is 8.57. The van der Waals surface area contributed by atoms with Crippen LogP contribution in [-0.4, -0.2) is 15.9 Å². The zero-order chi connectivity index (χ0) is 21.0. The number of anilines is 1. The van der Waals surface area contributed by atoms with Gasteiger partial charge in [0.25, 0.3) is 11.6 Å². The Morgan fingerprint density at radius 2 is 1.66 bits per heavy atom. The molecule has 3 rings (SSSR count). The van der Waals surface area contributed by atoms with Crippen LogP contribution in [0.25, 0.3) is 11.1 Å². The van der Waals surface area contributed by atoms with E-state index in [0.717, 1.165) is 11.1 Å². The van der Waals surface area contributed by atoms with Crippen molar-refractivity contribution in [2.45, 2.75) is 6.92 Å². The lowest BCUT2D eigenvalue weighted by Crippen LogP contribution is -2.34. The highest BCUT2D eigenvalue weighted by Gasteiger charge is 2.16. The second-order valence-electron chi connectivity index (χ2n) is 6.23. The summed E-state index contributed by atoms with van der Waals surface area (Å²) in [6.45, 7) is 1.68. The van der Waals surface area contributed by atoms with Crippen LogP contribution in [0.5, 0.6) is 0 Å². The van der Waals surface area contributed by atoms with Crippen LogP contribution in [-0.2, 0) is 0 Å². The summed E-state index contributed by atoms with van der Waals surface area (Å²) in [5.74, 6) is -0.368.